The highest BCUT2D eigenvalue weighted by molar-refractivity contribution is 5.92. The van der Waals surface area contributed by atoms with Crippen molar-refractivity contribution in [2.75, 3.05) is 13.2 Å². The van der Waals surface area contributed by atoms with Crippen molar-refractivity contribution in [3.05, 3.63) is 65.2 Å². The van der Waals surface area contributed by atoms with Gasteiger partial charge in [0.2, 0.25) is 5.91 Å². The molecule has 0 saturated heterocycles. The van der Waals surface area contributed by atoms with Crippen LogP contribution in [0.5, 0.6) is 5.75 Å². The van der Waals surface area contributed by atoms with Crippen molar-refractivity contribution in [2.45, 2.75) is 13.5 Å². The molecule has 126 valence electrons. The van der Waals surface area contributed by atoms with E-state index < -0.39 is 5.91 Å². The Bertz CT molecular complexity index is 716. The van der Waals surface area contributed by atoms with E-state index in [1.807, 2.05) is 37.3 Å². The van der Waals surface area contributed by atoms with Crippen molar-refractivity contribution < 1.29 is 14.3 Å². The third-order valence-corrected chi connectivity index (χ3v) is 3.31. The first-order chi connectivity index (χ1) is 11.5. The zero-order valence-corrected chi connectivity index (χ0v) is 13.5. The molecule has 0 aromatic heterocycles. The van der Waals surface area contributed by atoms with Crippen molar-refractivity contribution >= 4 is 11.9 Å². The minimum Gasteiger partial charge on any atom is -0.492 e. The summed E-state index contributed by atoms with van der Waals surface area (Å²) >= 11 is 0. The summed E-state index contributed by atoms with van der Waals surface area (Å²) in [4.78, 5) is 22.8. The number of nitrogens with one attached hydrogen (secondary N) is 2. The molecule has 0 atom stereocenters. The predicted molar refractivity (Wildman–Crippen MR) is 91.9 cm³/mol. The molecule has 24 heavy (non-hydrogen) atoms. The van der Waals surface area contributed by atoms with E-state index in [4.69, 9.17) is 10.5 Å². The zero-order chi connectivity index (χ0) is 17.4. The first-order valence-corrected chi connectivity index (χ1v) is 7.64. The number of carbonyl (C=O) groups excluding carboxylic acids is 2. The molecule has 0 heterocycles. The van der Waals surface area contributed by atoms with Gasteiger partial charge in [0.05, 0.1) is 6.54 Å². The Morgan fingerprint density at radius 1 is 1.08 bits per heavy atom. The average Bonchev–Trinajstić information content (AvgIpc) is 2.57. The molecule has 0 saturated carbocycles. The number of rotatable bonds is 7. The molecular formula is C18H21N3O3. The van der Waals surface area contributed by atoms with Gasteiger partial charge in [0, 0.05) is 12.1 Å². The van der Waals surface area contributed by atoms with E-state index in [1.54, 1.807) is 18.2 Å². The van der Waals surface area contributed by atoms with Crippen LogP contribution >= 0.6 is 0 Å². The smallest absolute Gasteiger partial charge is 0.315 e. The van der Waals surface area contributed by atoms with E-state index in [1.165, 1.54) is 0 Å². The number of amides is 3. The Hall–Kier alpha value is -3.02. The highest BCUT2D eigenvalue weighted by atomic mass is 16.5. The second kappa shape index (κ2) is 8.57. The number of aryl methyl sites for hydroxylation is 1. The van der Waals surface area contributed by atoms with E-state index in [2.05, 4.69) is 10.6 Å². The third kappa shape index (κ3) is 5.64. The number of hydrogen-bond donors (Lipinski definition) is 3. The van der Waals surface area contributed by atoms with Crippen LogP contribution in [0.2, 0.25) is 0 Å². The second-order valence-corrected chi connectivity index (χ2v) is 5.34. The maximum absolute atomic E-state index is 11.7. The number of hydrogen-bond acceptors (Lipinski definition) is 3. The van der Waals surface area contributed by atoms with Gasteiger partial charge in [-0.05, 0) is 42.3 Å². The van der Waals surface area contributed by atoms with Crippen LogP contribution < -0.4 is 21.1 Å². The van der Waals surface area contributed by atoms with Gasteiger partial charge in [-0.2, -0.15) is 0 Å². The molecule has 6 nitrogen and oxygen atoms in total. The summed E-state index contributed by atoms with van der Waals surface area (Å²) in [5.74, 6) is 0.287. The first-order valence-electron chi connectivity index (χ1n) is 7.64. The summed E-state index contributed by atoms with van der Waals surface area (Å²) in [6.45, 7) is 3.08. The largest absolute Gasteiger partial charge is 0.492 e. The Labute approximate surface area is 141 Å². The highest BCUT2D eigenvalue weighted by Crippen LogP contribution is 2.11. The van der Waals surface area contributed by atoms with Crippen LogP contribution in [0.25, 0.3) is 0 Å². The lowest BCUT2D eigenvalue weighted by Gasteiger charge is -2.10. The van der Waals surface area contributed by atoms with Gasteiger partial charge >= 0.3 is 6.03 Å². The lowest BCUT2D eigenvalue weighted by molar-refractivity contribution is 0.1000. The van der Waals surface area contributed by atoms with Crippen LogP contribution in [0.4, 0.5) is 4.79 Å². The van der Waals surface area contributed by atoms with Crippen molar-refractivity contribution in [3.63, 3.8) is 0 Å². The van der Waals surface area contributed by atoms with Crippen molar-refractivity contribution in [2.24, 2.45) is 5.73 Å². The lowest BCUT2D eigenvalue weighted by atomic mass is 10.1. The fourth-order valence-electron chi connectivity index (χ4n) is 2.12. The van der Waals surface area contributed by atoms with Gasteiger partial charge in [-0.1, -0.05) is 24.3 Å². The molecule has 2 aromatic carbocycles. The van der Waals surface area contributed by atoms with Crippen molar-refractivity contribution in [1.82, 2.24) is 10.6 Å². The monoisotopic (exact) mass is 327 g/mol. The molecule has 0 radical (unpaired) electrons. The fraction of sp³-hybridized carbons (Fsp3) is 0.222. The number of carbonyl (C=O) groups is 2. The number of ether oxygens (including phenoxy) is 1. The van der Waals surface area contributed by atoms with Gasteiger partial charge in [0.15, 0.2) is 0 Å². The van der Waals surface area contributed by atoms with Crippen LogP contribution in [0.1, 0.15) is 21.5 Å². The predicted octanol–water partition coefficient (Wildman–Crippen LogP) is 1.97. The minimum atomic E-state index is -0.491. The van der Waals surface area contributed by atoms with Crippen LogP contribution in [0.3, 0.4) is 0 Å². The van der Waals surface area contributed by atoms with E-state index in [0.29, 0.717) is 25.3 Å². The molecule has 0 spiro atoms. The lowest BCUT2D eigenvalue weighted by Crippen LogP contribution is -2.37. The van der Waals surface area contributed by atoms with Gasteiger partial charge in [-0.15, -0.1) is 0 Å². The molecule has 3 amide bonds. The minimum absolute atomic E-state index is 0.299. The molecule has 6 heteroatoms. The molecule has 0 aliphatic rings. The molecule has 0 aliphatic carbocycles. The molecule has 0 bridgehead atoms. The van der Waals surface area contributed by atoms with E-state index >= 15 is 0 Å². The summed E-state index contributed by atoms with van der Waals surface area (Å²) in [5, 5.41) is 5.42. The number of urea groups is 1. The first kappa shape index (κ1) is 17.3. The van der Waals surface area contributed by atoms with Crippen molar-refractivity contribution in [3.8, 4) is 5.75 Å². The molecular weight excluding hydrogens is 306 g/mol. The average molecular weight is 327 g/mol. The molecule has 0 aliphatic heterocycles. The Morgan fingerprint density at radius 2 is 1.88 bits per heavy atom. The summed E-state index contributed by atoms with van der Waals surface area (Å²) in [5.41, 5.74) is 7.57. The summed E-state index contributed by atoms with van der Waals surface area (Å²) < 4.78 is 5.55. The Kier molecular flexibility index (Phi) is 6.19. The SMILES string of the molecule is Cc1cccc(OCCNC(=O)NCc2cccc(C(N)=O)c2)c1. The van der Waals surface area contributed by atoms with Crippen LogP contribution in [-0.4, -0.2) is 25.1 Å². The fourth-order valence-corrected chi connectivity index (χ4v) is 2.12. The van der Waals surface area contributed by atoms with Gasteiger partial charge < -0.3 is 21.1 Å². The quantitative estimate of drug-likeness (QED) is 0.679. The normalized spacial score (nSPS) is 10.0. The maximum atomic E-state index is 11.7. The molecule has 0 fully saturated rings. The van der Waals surface area contributed by atoms with E-state index in [0.717, 1.165) is 16.9 Å². The maximum Gasteiger partial charge on any atom is 0.315 e. The van der Waals surface area contributed by atoms with Gasteiger partial charge in [0.1, 0.15) is 12.4 Å². The van der Waals surface area contributed by atoms with E-state index in [9.17, 15) is 9.59 Å². The third-order valence-electron chi connectivity index (χ3n) is 3.31. The highest BCUT2D eigenvalue weighted by Gasteiger charge is 2.03. The second-order valence-electron chi connectivity index (χ2n) is 5.34. The Morgan fingerprint density at radius 3 is 2.62 bits per heavy atom. The van der Waals surface area contributed by atoms with Gasteiger partial charge in [0.25, 0.3) is 0 Å². The summed E-state index contributed by atoms with van der Waals surface area (Å²) in [7, 11) is 0. The van der Waals surface area contributed by atoms with Gasteiger partial charge in [-0.25, -0.2) is 4.79 Å². The molecule has 2 aromatic rings. The van der Waals surface area contributed by atoms with Gasteiger partial charge in [-0.3, -0.25) is 4.79 Å². The summed E-state index contributed by atoms with van der Waals surface area (Å²) in [6, 6.07) is 14.3. The summed E-state index contributed by atoms with van der Waals surface area (Å²) in [6.07, 6.45) is 0. The Balaban J connectivity index is 1.68. The molecule has 4 N–H and O–H groups in total. The number of primary amides is 1. The van der Waals surface area contributed by atoms with Crippen molar-refractivity contribution in [1.29, 1.82) is 0 Å². The van der Waals surface area contributed by atoms with Crippen LogP contribution in [-0.2, 0) is 6.54 Å². The number of benzene rings is 2. The van der Waals surface area contributed by atoms with Crippen LogP contribution in [0.15, 0.2) is 48.5 Å². The number of nitrogens with two attached hydrogens (primary N) is 1. The topological polar surface area (TPSA) is 93.4 Å². The molecule has 0 unspecified atom stereocenters. The van der Waals surface area contributed by atoms with E-state index in [-0.39, 0.29) is 6.03 Å². The standard InChI is InChI=1S/C18H21N3O3/c1-13-4-2-7-16(10-13)24-9-8-20-18(23)21-12-14-5-3-6-15(11-14)17(19)22/h2-7,10-11H,8-9,12H2,1H3,(H2,19,22)(H2,20,21,23). The molecule has 2 rings (SSSR count). The zero-order valence-electron chi connectivity index (χ0n) is 13.5. The van der Waals surface area contributed by atoms with Crippen LogP contribution in [0, 0.1) is 6.92 Å².